The number of rotatable bonds is 5. The number of phenolic OH excluding ortho intramolecular Hbond substituents is 1. The van der Waals surface area contributed by atoms with Gasteiger partial charge in [0.2, 0.25) is 0 Å². The van der Waals surface area contributed by atoms with Crippen molar-refractivity contribution in [2.45, 2.75) is 32.2 Å². The average Bonchev–Trinajstić information content (AvgIpc) is 2.45. The summed E-state index contributed by atoms with van der Waals surface area (Å²) in [4.78, 5) is 2.46. The Bertz CT molecular complexity index is 412. The highest BCUT2D eigenvalue weighted by Gasteiger charge is 2.24. The highest BCUT2D eigenvalue weighted by Crippen LogP contribution is 2.36. The third-order valence-electron chi connectivity index (χ3n) is 3.80. The maximum absolute atomic E-state index is 10.2. The number of aromatic hydroxyl groups is 1. The van der Waals surface area contributed by atoms with E-state index < -0.39 is 0 Å². The van der Waals surface area contributed by atoms with Crippen LogP contribution in [0.1, 0.15) is 37.8 Å². The van der Waals surface area contributed by atoms with Crippen LogP contribution >= 0.6 is 36.4 Å². The van der Waals surface area contributed by atoms with Crippen molar-refractivity contribution < 1.29 is 5.11 Å². The molecule has 1 aromatic carbocycles. The van der Waals surface area contributed by atoms with Crippen molar-refractivity contribution in [2.75, 3.05) is 26.2 Å². The molecule has 0 unspecified atom stereocenters. The summed E-state index contributed by atoms with van der Waals surface area (Å²) in [5.41, 5.74) is 0.975. The van der Waals surface area contributed by atoms with Crippen molar-refractivity contribution in [1.29, 1.82) is 0 Å². The zero-order chi connectivity index (χ0) is 13.7. The van der Waals surface area contributed by atoms with Crippen LogP contribution in [0.15, 0.2) is 18.2 Å². The molecule has 1 saturated heterocycles. The summed E-state index contributed by atoms with van der Waals surface area (Å²) in [6.45, 7) is 6.29. The molecule has 1 atom stereocenters. The van der Waals surface area contributed by atoms with Crippen molar-refractivity contribution in [2.24, 2.45) is 0 Å². The van der Waals surface area contributed by atoms with Crippen LogP contribution in [0.2, 0.25) is 5.02 Å². The molecule has 1 fully saturated rings. The van der Waals surface area contributed by atoms with Crippen LogP contribution in [0, 0.1) is 0 Å². The average molecular weight is 356 g/mol. The zero-order valence-corrected chi connectivity index (χ0v) is 14.7. The minimum Gasteiger partial charge on any atom is -0.506 e. The number of unbranched alkanes of at least 4 members (excludes halogenated alkanes) is 1. The van der Waals surface area contributed by atoms with Crippen LogP contribution in [0.25, 0.3) is 0 Å². The number of nitrogens with one attached hydrogen (secondary N) is 1. The third-order valence-corrected chi connectivity index (χ3v) is 4.11. The van der Waals surface area contributed by atoms with E-state index in [2.05, 4.69) is 17.1 Å². The number of piperazine rings is 1. The molecule has 1 aromatic rings. The number of phenols is 1. The summed E-state index contributed by atoms with van der Waals surface area (Å²) in [7, 11) is 0. The van der Waals surface area contributed by atoms with E-state index in [-0.39, 0.29) is 36.6 Å². The van der Waals surface area contributed by atoms with Gasteiger partial charge in [-0.3, -0.25) is 4.90 Å². The minimum absolute atomic E-state index is 0. The summed E-state index contributed by atoms with van der Waals surface area (Å²) in [6.07, 6.45) is 3.41. The van der Waals surface area contributed by atoms with Gasteiger partial charge in [0.25, 0.3) is 0 Å². The monoisotopic (exact) mass is 354 g/mol. The molecule has 122 valence electrons. The Hall–Kier alpha value is -0.190. The first kappa shape index (κ1) is 20.8. The van der Waals surface area contributed by atoms with Gasteiger partial charge in [-0.1, -0.05) is 43.5 Å². The molecule has 0 radical (unpaired) electrons. The van der Waals surface area contributed by atoms with Crippen molar-refractivity contribution in [1.82, 2.24) is 10.2 Å². The van der Waals surface area contributed by atoms with E-state index in [1.165, 1.54) is 12.8 Å². The van der Waals surface area contributed by atoms with E-state index in [1.54, 1.807) is 6.07 Å². The molecule has 1 aliphatic heterocycles. The van der Waals surface area contributed by atoms with E-state index in [1.807, 2.05) is 12.1 Å². The molecule has 0 bridgehead atoms. The molecule has 21 heavy (non-hydrogen) atoms. The van der Waals surface area contributed by atoms with Crippen molar-refractivity contribution >= 4 is 36.4 Å². The van der Waals surface area contributed by atoms with E-state index in [0.717, 1.165) is 38.2 Å². The van der Waals surface area contributed by atoms with Crippen molar-refractivity contribution in [3.05, 3.63) is 28.8 Å². The van der Waals surface area contributed by atoms with Crippen molar-refractivity contribution in [3.8, 4) is 5.75 Å². The fourth-order valence-corrected chi connectivity index (χ4v) is 2.91. The predicted octanol–water partition coefficient (Wildman–Crippen LogP) is 4.03. The van der Waals surface area contributed by atoms with Gasteiger partial charge in [0.1, 0.15) is 5.75 Å². The van der Waals surface area contributed by atoms with E-state index in [9.17, 15) is 5.11 Å². The lowest BCUT2D eigenvalue weighted by Crippen LogP contribution is -2.45. The molecule has 1 heterocycles. The standard InChI is InChI=1S/C15H23ClN2O.2ClH/c1-2-3-7-14(18-10-8-17-9-11-18)12-5-4-6-13(16)15(12)19;;/h4-6,14,17,19H,2-3,7-11H2,1H3;2*1H/t14-;;/m1../s1. The van der Waals surface area contributed by atoms with Crippen LogP contribution in [-0.4, -0.2) is 36.2 Å². The molecular weight excluding hydrogens is 331 g/mol. The summed E-state index contributed by atoms with van der Waals surface area (Å²) in [6, 6.07) is 5.96. The Labute approximate surface area is 144 Å². The number of para-hydroxylation sites is 1. The minimum atomic E-state index is 0. The fourth-order valence-electron chi connectivity index (χ4n) is 2.73. The quantitative estimate of drug-likeness (QED) is 0.837. The van der Waals surface area contributed by atoms with Crippen LogP contribution in [0.3, 0.4) is 0 Å². The number of hydrogen-bond acceptors (Lipinski definition) is 3. The molecule has 0 amide bonds. The molecule has 0 saturated carbocycles. The summed E-state index contributed by atoms with van der Waals surface area (Å²) < 4.78 is 0. The molecule has 3 nitrogen and oxygen atoms in total. The molecule has 0 aliphatic carbocycles. The number of benzene rings is 1. The van der Waals surface area contributed by atoms with Gasteiger partial charge >= 0.3 is 0 Å². The van der Waals surface area contributed by atoms with Crippen molar-refractivity contribution in [3.63, 3.8) is 0 Å². The van der Waals surface area contributed by atoms with Gasteiger partial charge < -0.3 is 10.4 Å². The smallest absolute Gasteiger partial charge is 0.138 e. The van der Waals surface area contributed by atoms with E-state index in [0.29, 0.717) is 5.02 Å². The second-order valence-electron chi connectivity index (χ2n) is 5.12. The van der Waals surface area contributed by atoms with E-state index >= 15 is 0 Å². The largest absolute Gasteiger partial charge is 0.506 e. The second kappa shape index (κ2) is 10.5. The van der Waals surface area contributed by atoms with Gasteiger partial charge in [-0.25, -0.2) is 0 Å². The molecule has 1 aliphatic rings. The van der Waals surface area contributed by atoms with Gasteiger partial charge in [0, 0.05) is 37.8 Å². The lowest BCUT2D eigenvalue weighted by atomic mass is 9.98. The van der Waals surface area contributed by atoms with Gasteiger partial charge in [0.15, 0.2) is 0 Å². The Balaban J connectivity index is 0.00000200. The van der Waals surface area contributed by atoms with E-state index in [4.69, 9.17) is 11.6 Å². The van der Waals surface area contributed by atoms with Crippen LogP contribution in [0.5, 0.6) is 5.75 Å². The SMILES string of the molecule is CCCC[C@H](c1cccc(Cl)c1O)N1CCNCC1.Cl.Cl. The summed E-state index contributed by atoms with van der Waals surface area (Å²) in [5.74, 6) is 0.254. The third kappa shape index (κ3) is 5.50. The second-order valence-corrected chi connectivity index (χ2v) is 5.53. The van der Waals surface area contributed by atoms with Gasteiger partial charge in [-0.15, -0.1) is 24.8 Å². The normalized spacial score (nSPS) is 16.7. The Morgan fingerprint density at radius 2 is 1.95 bits per heavy atom. The summed E-state index contributed by atoms with van der Waals surface area (Å²) >= 11 is 6.05. The Morgan fingerprint density at radius 1 is 1.29 bits per heavy atom. The topological polar surface area (TPSA) is 35.5 Å². The first-order valence-electron chi connectivity index (χ1n) is 7.16. The fraction of sp³-hybridized carbons (Fsp3) is 0.600. The van der Waals surface area contributed by atoms with Crippen LogP contribution in [-0.2, 0) is 0 Å². The molecule has 2 N–H and O–H groups in total. The molecule has 2 rings (SSSR count). The molecular formula is C15H25Cl3N2O. The predicted molar refractivity (Wildman–Crippen MR) is 94.3 cm³/mol. The lowest BCUT2D eigenvalue weighted by Gasteiger charge is -2.35. The zero-order valence-electron chi connectivity index (χ0n) is 12.3. The Kier molecular flexibility index (Phi) is 10.4. The highest BCUT2D eigenvalue weighted by molar-refractivity contribution is 6.32. The first-order chi connectivity index (χ1) is 9.24. The Morgan fingerprint density at radius 3 is 2.57 bits per heavy atom. The number of halogens is 3. The van der Waals surface area contributed by atoms with Crippen LogP contribution in [0.4, 0.5) is 0 Å². The van der Waals surface area contributed by atoms with Crippen LogP contribution < -0.4 is 5.32 Å². The van der Waals surface area contributed by atoms with Gasteiger partial charge in [0.05, 0.1) is 5.02 Å². The summed E-state index contributed by atoms with van der Waals surface area (Å²) in [5, 5.41) is 14.0. The highest BCUT2D eigenvalue weighted by atomic mass is 35.5. The number of nitrogens with zero attached hydrogens (tertiary/aromatic N) is 1. The molecule has 6 heteroatoms. The molecule has 0 spiro atoms. The first-order valence-corrected chi connectivity index (χ1v) is 7.54. The van der Waals surface area contributed by atoms with Gasteiger partial charge in [-0.2, -0.15) is 0 Å². The molecule has 0 aromatic heterocycles. The lowest BCUT2D eigenvalue weighted by molar-refractivity contribution is 0.160. The maximum Gasteiger partial charge on any atom is 0.138 e. The van der Waals surface area contributed by atoms with Gasteiger partial charge in [-0.05, 0) is 12.5 Å². The number of hydrogen-bond donors (Lipinski definition) is 2. The maximum atomic E-state index is 10.2.